The van der Waals surface area contributed by atoms with Crippen LogP contribution in [-0.2, 0) is 4.79 Å². The van der Waals surface area contributed by atoms with E-state index in [2.05, 4.69) is 34.6 Å². The fourth-order valence-corrected chi connectivity index (χ4v) is 3.44. The molecule has 0 aliphatic carbocycles. The van der Waals surface area contributed by atoms with Gasteiger partial charge in [-0.3, -0.25) is 9.36 Å². The predicted molar refractivity (Wildman–Crippen MR) is 114 cm³/mol. The highest BCUT2D eigenvalue weighted by Crippen LogP contribution is 2.28. The third-order valence-electron chi connectivity index (χ3n) is 4.17. The Morgan fingerprint density at radius 1 is 1.07 bits per heavy atom. The maximum Gasteiger partial charge on any atom is 0.230 e. The van der Waals surface area contributed by atoms with E-state index in [1.165, 1.54) is 17.3 Å². The third-order valence-corrected chi connectivity index (χ3v) is 5.10. The molecule has 0 aliphatic rings. The summed E-state index contributed by atoms with van der Waals surface area (Å²) in [6, 6.07) is 18.2. The summed E-state index contributed by atoms with van der Waals surface area (Å²) in [6.45, 7) is 3.50. The number of benzene rings is 2. The lowest BCUT2D eigenvalue weighted by Gasteiger charge is -2.11. The van der Waals surface area contributed by atoms with Gasteiger partial charge in [-0.25, -0.2) is 0 Å². The minimum absolute atomic E-state index is 0.00801. The Bertz CT molecular complexity index is 906. The molecule has 0 spiro atoms. The number of carbonyl (C=O) groups is 1. The first-order valence-electron chi connectivity index (χ1n) is 9.16. The number of rotatable bonds is 8. The molecular formula is C21H25N5OS. The van der Waals surface area contributed by atoms with Crippen molar-refractivity contribution in [2.24, 2.45) is 0 Å². The fourth-order valence-electron chi connectivity index (χ4n) is 2.66. The van der Waals surface area contributed by atoms with Crippen molar-refractivity contribution < 1.29 is 4.79 Å². The van der Waals surface area contributed by atoms with Crippen LogP contribution in [0.3, 0.4) is 0 Å². The zero-order valence-corrected chi connectivity index (χ0v) is 17.2. The van der Waals surface area contributed by atoms with Crippen LogP contribution in [0, 0.1) is 6.92 Å². The van der Waals surface area contributed by atoms with Gasteiger partial charge >= 0.3 is 0 Å². The molecule has 1 heterocycles. The number of carbonyl (C=O) groups excluding carboxylic acids is 1. The summed E-state index contributed by atoms with van der Waals surface area (Å²) in [5.74, 6) is 1.06. The summed E-state index contributed by atoms with van der Waals surface area (Å²) in [7, 11) is 3.96. The number of para-hydroxylation sites is 1. The molecule has 0 radical (unpaired) electrons. The van der Waals surface area contributed by atoms with Gasteiger partial charge in [0.25, 0.3) is 0 Å². The summed E-state index contributed by atoms with van der Waals surface area (Å²) in [4.78, 5) is 14.2. The van der Waals surface area contributed by atoms with Crippen LogP contribution in [-0.4, -0.2) is 58.5 Å². The van der Waals surface area contributed by atoms with Crippen LogP contribution in [0.5, 0.6) is 0 Å². The van der Waals surface area contributed by atoms with Gasteiger partial charge in [0.05, 0.1) is 5.75 Å². The fraction of sp³-hybridized carbons (Fsp3) is 0.286. The third kappa shape index (κ3) is 5.21. The zero-order valence-electron chi connectivity index (χ0n) is 16.4. The van der Waals surface area contributed by atoms with Gasteiger partial charge in [-0.05, 0) is 33.2 Å². The molecule has 3 aromatic rings. The number of amides is 1. The van der Waals surface area contributed by atoms with Crippen LogP contribution in [0.25, 0.3) is 17.1 Å². The van der Waals surface area contributed by atoms with Gasteiger partial charge in [0, 0.05) is 24.3 Å². The van der Waals surface area contributed by atoms with Crippen LogP contribution in [0.15, 0.2) is 59.8 Å². The van der Waals surface area contributed by atoms with Crippen molar-refractivity contribution >= 4 is 17.7 Å². The molecule has 0 saturated carbocycles. The van der Waals surface area contributed by atoms with Gasteiger partial charge in [-0.15, -0.1) is 10.2 Å². The topological polar surface area (TPSA) is 63.1 Å². The Morgan fingerprint density at radius 2 is 1.79 bits per heavy atom. The van der Waals surface area contributed by atoms with Gasteiger partial charge in [-0.1, -0.05) is 59.8 Å². The SMILES string of the molecule is Cc1ccc(-c2nnc(SCC(=O)NCCN(C)C)n2-c2ccccc2)cc1. The van der Waals surface area contributed by atoms with Gasteiger partial charge in [0.15, 0.2) is 11.0 Å². The van der Waals surface area contributed by atoms with Crippen LogP contribution < -0.4 is 5.32 Å². The van der Waals surface area contributed by atoms with Crippen molar-refractivity contribution in [3.63, 3.8) is 0 Å². The van der Waals surface area contributed by atoms with Crippen molar-refractivity contribution in [3.05, 3.63) is 60.2 Å². The molecule has 0 unspecified atom stereocenters. The Kier molecular flexibility index (Phi) is 6.84. The second-order valence-corrected chi connectivity index (χ2v) is 7.73. The largest absolute Gasteiger partial charge is 0.354 e. The first kappa shape index (κ1) is 20.1. The lowest BCUT2D eigenvalue weighted by Crippen LogP contribution is -2.32. The van der Waals surface area contributed by atoms with Gasteiger partial charge in [-0.2, -0.15) is 0 Å². The highest BCUT2D eigenvalue weighted by Gasteiger charge is 2.17. The molecule has 28 heavy (non-hydrogen) atoms. The number of aromatic nitrogens is 3. The van der Waals surface area contributed by atoms with E-state index in [1.54, 1.807) is 0 Å². The van der Waals surface area contributed by atoms with Crippen molar-refractivity contribution in [3.8, 4) is 17.1 Å². The molecule has 6 nitrogen and oxygen atoms in total. The lowest BCUT2D eigenvalue weighted by molar-refractivity contribution is -0.118. The Morgan fingerprint density at radius 3 is 2.46 bits per heavy atom. The molecule has 1 amide bonds. The van der Waals surface area contributed by atoms with Gasteiger partial charge in [0.1, 0.15) is 0 Å². The minimum atomic E-state index is -0.00801. The summed E-state index contributed by atoms with van der Waals surface area (Å²) in [5, 5.41) is 12.4. The monoisotopic (exact) mass is 395 g/mol. The molecule has 0 saturated heterocycles. The number of nitrogens with one attached hydrogen (secondary N) is 1. The number of thioether (sulfide) groups is 1. The lowest BCUT2D eigenvalue weighted by atomic mass is 10.1. The van der Waals surface area contributed by atoms with E-state index in [0.717, 1.165) is 23.6 Å². The molecule has 2 aromatic carbocycles. The molecule has 3 rings (SSSR count). The number of nitrogens with zero attached hydrogens (tertiary/aromatic N) is 4. The Balaban J connectivity index is 1.81. The molecule has 1 N–H and O–H groups in total. The van der Waals surface area contributed by atoms with Crippen molar-refractivity contribution in [1.82, 2.24) is 25.0 Å². The number of hydrogen-bond acceptors (Lipinski definition) is 5. The molecule has 0 atom stereocenters. The second kappa shape index (κ2) is 9.52. The second-order valence-electron chi connectivity index (χ2n) is 6.79. The molecule has 1 aromatic heterocycles. The maximum absolute atomic E-state index is 12.2. The Hall–Kier alpha value is -2.64. The average molecular weight is 396 g/mol. The first-order valence-corrected chi connectivity index (χ1v) is 10.2. The molecular weight excluding hydrogens is 370 g/mol. The normalized spacial score (nSPS) is 11.0. The van der Waals surface area contributed by atoms with Crippen molar-refractivity contribution in [2.75, 3.05) is 32.9 Å². The molecule has 0 fully saturated rings. The van der Waals surface area contributed by atoms with Crippen LogP contribution in [0.2, 0.25) is 0 Å². The van der Waals surface area contributed by atoms with E-state index in [1.807, 2.05) is 66.0 Å². The molecule has 0 bridgehead atoms. The highest BCUT2D eigenvalue weighted by molar-refractivity contribution is 7.99. The standard InChI is InChI=1S/C21H25N5OS/c1-16-9-11-17(12-10-16)20-23-24-21(26(20)18-7-5-4-6-8-18)28-15-19(27)22-13-14-25(2)3/h4-12H,13-15H2,1-3H3,(H,22,27). The summed E-state index contributed by atoms with van der Waals surface area (Å²) in [5.41, 5.74) is 3.15. The summed E-state index contributed by atoms with van der Waals surface area (Å²) in [6.07, 6.45) is 0. The van der Waals surface area contributed by atoms with Gasteiger partial charge in [0.2, 0.25) is 5.91 Å². The van der Waals surface area contributed by atoms with Crippen LogP contribution >= 0.6 is 11.8 Å². The van der Waals surface area contributed by atoms with E-state index < -0.39 is 0 Å². The zero-order chi connectivity index (χ0) is 19.9. The van der Waals surface area contributed by atoms with Crippen LogP contribution in [0.4, 0.5) is 0 Å². The van der Waals surface area contributed by atoms with E-state index in [-0.39, 0.29) is 5.91 Å². The number of aryl methyl sites for hydroxylation is 1. The highest BCUT2D eigenvalue weighted by atomic mass is 32.2. The number of hydrogen-bond donors (Lipinski definition) is 1. The molecule has 0 aliphatic heterocycles. The molecule has 7 heteroatoms. The van der Waals surface area contributed by atoms with E-state index in [4.69, 9.17) is 0 Å². The van der Waals surface area contributed by atoms with Gasteiger partial charge < -0.3 is 10.2 Å². The average Bonchev–Trinajstić information content (AvgIpc) is 3.11. The summed E-state index contributed by atoms with van der Waals surface area (Å²) >= 11 is 1.39. The van der Waals surface area contributed by atoms with Crippen molar-refractivity contribution in [2.45, 2.75) is 12.1 Å². The van der Waals surface area contributed by atoms with E-state index in [0.29, 0.717) is 17.5 Å². The maximum atomic E-state index is 12.2. The molecule has 146 valence electrons. The van der Waals surface area contributed by atoms with Crippen molar-refractivity contribution in [1.29, 1.82) is 0 Å². The first-order chi connectivity index (χ1) is 13.5. The quantitative estimate of drug-likeness (QED) is 0.594. The smallest absolute Gasteiger partial charge is 0.230 e. The van der Waals surface area contributed by atoms with Crippen LogP contribution in [0.1, 0.15) is 5.56 Å². The Labute approximate surface area is 170 Å². The minimum Gasteiger partial charge on any atom is -0.354 e. The van der Waals surface area contributed by atoms with E-state index in [9.17, 15) is 4.79 Å². The predicted octanol–water partition coefficient (Wildman–Crippen LogP) is 3.01. The number of likely N-dealkylation sites (N-methyl/N-ethyl adjacent to an activating group) is 1. The summed E-state index contributed by atoms with van der Waals surface area (Å²) < 4.78 is 2.00. The van der Waals surface area contributed by atoms with E-state index >= 15 is 0 Å².